The molecule has 1 saturated heterocycles. The lowest BCUT2D eigenvalue weighted by Gasteiger charge is -2.34. The van der Waals surface area contributed by atoms with Gasteiger partial charge in [-0.1, -0.05) is 12.1 Å². The summed E-state index contributed by atoms with van der Waals surface area (Å²) in [6, 6.07) is 8.99. The van der Waals surface area contributed by atoms with Crippen LogP contribution in [0.2, 0.25) is 0 Å². The van der Waals surface area contributed by atoms with Gasteiger partial charge in [0, 0.05) is 39.3 Å². The minimum absolute atomic E-state index is 0.105. The molecule has 3 rings (SSSR count). The van der Waals surface area contributed by atoms with Crippen LogP contribution in [0.25, 0.3) is 0 Å². The summed E-state index contributed by atoms with van der Waals surface area (Å²) < 4.78 is 10.6. The Morgan fingerprint density at radius 1 is 1.07 bits per heavy atom. The highest BCUT2D eigenvalue weighted by Crippen LogP contribution is 2.30. The van der Waals surface area contributed by atoms with E-state index in [0.29, 0.717) is 36.7 Å². The van der Waals surface area contributed by atoms with E-state index in [-0.39, 0.29) is 11.8 Å². The summed E-state index contributed by atoms with van der Waals surface area (Å²) in [5.41, 5.74) is 0.452. The van der Waals surface area contributed by atoms with Crippen molar-refractivity contribution < 1.29 is 19.1 Å². The van der Waals surface area contributed by atoms with Crippen LogP contribution in [0.15, 0.2) is 35.7 Å². The molecule has 2 heterocycles. The number of piperazine rings is 1. The molecule has 1 aliphatic heterocycles. The largest absolute Gasteiger partial charge is 0.493 e. The molecule has 1 fully saturated rings. The second kappa shape index (κ2) is 9.57. The van der Waals surface area contributed by atoms with Crippen molar-refractivity contribution in [1.29, 1.82) is 0 Å². The Bertz CT molecular complexity index is 802. The van der Waals surface area contributed by atoms with Gasteiger partial charge in [-0.05, 0) is 23.6 Å². The number of nitrogens with one attached hydrogen (secondary N) is 1. The molecular weight excluding hydrogens is 378 g/mol. The molecule has 0 unspecified atom stereocenters. The monoisotopic (exact) mass is 403 g/mol. The van der Waals surface area contributed by atoms with Crippen LogP contribution in [0.5, 0.6) is 11.5 Å². The fraction of sp³-hybridized carbons (Fsp3) is 0.400. The van der Waals surface area contributed by atoms with Gasteiger partial charge >= 0.3 is 0 Å². The number of hydrogen-bond acceptors (Lipinski definition) is 6. The van der Waals surface area contributed by atoms with Gasteiger partial charge in [-0.3, -0.25) is 14.5 Å². The molecule has 7 nitrogen and oxygen atoms in total. The van der Waals surface area contributed by atoms with E-state index in [0.717, 1.165) is 24.5 Å². The zero-order valence-electron chi connectivity index (χ0n) is 16.1. The number of thiophene rings is 1. The van der Waals surface area contributed by atoms with Crippen LogP contribution in [0.3, 0.4) is 0 Å². The third kappa shape index (κ3) is 4.63. The molecular formula is C20H25N3O4S. The van der Waals surface area contributed by atoms with E-state index in [9.17, 15) is 9.59 Å². The quantitative estimate of drug-likeness (QED) is 0.765. The Morgan fingerprint density at radius 3 is 2.50 bits per heavy atom. The van der Waals surface area contributed by atoms with Crippen LogP contribution in [0, 0.1) is 0 Å². The van der Waals surface area contributed by atoms with E-state index in [4.69, 9.17) is 9.47 Å². The Morgan fingerprint density at radius 2 is 1.86 bits per heavy atom. The first-order valence-electron chi connectivity index (χ1n) is 9.18. The molecule has 2 aromatic rings. The number of carbonyl (C=O) groups excluding carboxylic acids is 2. The molecule has 0 atom stereocenters. The number of nitrogens with zero attached hydrogens (tertiary/aromatic N) is 2. The van der Waals surface area contributed by atoms with Crippen LogP contribution in [0.1, 0.15) is 20.0 Å². The Balaban J connectivity index is 1.45. The summed E-state index contributed by atoms with van der Waals surface area (Å²) in [7, 11) is 3.06. The van der Waals surface area contributed by atoms with Gasteiger partial charge in [0.15, 0.2) is 11.5 Å². The van der Waals surface area contributed by atoms with Gasteiger partial charge in [0.05, 0.1) is 24.7 Å². The van der Waals surface area contributed by atoms with Gasteiger partial charge in [-0.25, -0.2) is 0 Å². The maximum absolute atomic E-state index is 12.5. The van der Waals surface area contributed by atoms with Crippen molar-refractivity contribution >= 4 is 23.2 Å². The van der Waals surface area contributed by atoms with Crippen LogP contribution in [0.4, 0.5) is 0 Å². The van der Waals surface area contributed by atoms with Gasteiger partial charge in [0.2, 0.25) is 0 Å². The van der Waals surface area contributed by atoms with Crippen molar-refractivity contribution in [2.45, 2.75) is 0 Å². The summed E-state index contributed by atoms with van der Waals surface area (Å²) in [6.45, 7) is 4.27. The van der Waals surface area contributed by atoms with E-state index < -0.39 is 0 Å². The van der Waals surface area contributed by atoms with Gasteiger partial charge < -0.3 is 19.7 Å². The highest BCUT2D eigenvalue weighted by atomic mass is 32.1. The summed E-state index contributed by atoms with van der Waals surface area (Å²) in [5.74, 6) is 0.875. The Hall–Kier alpha value is -2.58. The lowest BCUT2D eigenvalue weighted by molar-refractivity contribution is 0.0642. The SMILES string of the molecule is COc1cccc(C(=O)NCCN2CCN(C(=O)c3cccs3)CC2)c1OC. The predicted molar refractivity (Wildman–Crippen MR) is 109 cm³/mol. The third-order valence-corrected chi connectivity index (χ3v) is 5.61. The van der Waals surface area contributed by atoms with Crippen LogP contribution in [-0.4, -0.2) is 75.1 Å². The standard InChI is InChI=1S/C20H25N3O4S/c1-26-16-6-3-5-15(18(16)27-2)19(24)21-8-9-22-10-12-23(13-11-22)20(25)17-7-4-14-28-17/h3-7,14H,8-13H2,1-2H3,(H,21,24). The molecule has 0 spiro atoms. The van der Waals surface area contributed by atoms with Crippen molar-refractivity contribution in [3.8, 4) is 11.5 Å². The number of methoxy groups -OCH3 is 2. The minimum Gasteiger partial charge on any atom is -0.493 e. The van der Waals surface area contributed by atoms with Crippen LogP contribution in [-0.2, 0) is 0 Å². The first-order valence-corrected chi connectivity index (χ1v) is 10.1. The van der Waals surface area contributed by atoms with E-state index in [1.165, 1.54) is 18.4 Å². The molecule has 0 radical (unpaired) electrons. The van der Waals surface area contributed by atoms with Crippen molar-refractivity contribution in [2.75, 3.05) is 53.5 Å². The second-order valence-electron chi connectivity index (χ2n) is 6.41. The first kappa shape index (κ1) is 20.2. The summed E-state index contributed by atoms with van der Waals surface area (Å²) in [5, 5.41) is 4.85. The number of amides is 2. The van der Waals surface area contributed by atoms with Crippen molar-refractivity contribution in [2.24, 2.45) is 0 Å². The first-order chi connectivity index (χ1) is 13.6. The second-order valence-corrected chi connectivity index (χ2v) is 7.36. The average molecular weight is 404 g/mol. The number of para-hydroxylation sites is 1. The van der Waals surface area contributed by atoms with Gasteiger partial charge in [0.1, 0.15) is 0 Å². The van der Waals surface area contributed by atoms with E-state index in [1.807, 2.05) is 22.4 Å². The molecule has 0 bridgehead atoms. The summed E-state index contributed by atoms with van der Waals surface area (Å²) in [4.78, 5) is 29.8. The van der Waals surface area contributed by atoms with Crippen molar-refractivity contribution in [3.63, 3.8) is 0 Å². The summed E-state index contributed by atoms with van der Waals surface area (Å²) >= 11 is 1.47. The number of carbonyl (C=O) groups is 2. The Labute approximate surface area is 168 Å². The normalized spacial score (nSPS) is 14.6. The molecule has 1 aliphatic rings. The maximum atomic E-state index is 12.5. The molecule has 8 heteroatoms. The summed E-state index contributed by atoms with van der Waals surface area (Å²) in [6.07, 6.45) is 0. The lowest BCUT2D eigenvalue weighted by Crippen LogP contribution is -2.50. The van der Waals surface area contributed by atoms with E-state index in [1.54, 1.807) is 25.3 Å². The fourth-order valence-corrected chi connectivity index (χ4v) is 3.91. The Kier molecular flexibility index (Phi) is 6.89. The molecule has 2 amide bonds. The number of rotatable bonds is 7. The zero-order chi connectivity index (χ0) is 19.9. The smallest absolute Gasteiger partial charge is 0.264 e. The third-order valence-electron chi connectivity index (χ3n) is 4.75. The van der Waals surface area contributed by atoms with Crippen molar-refractivity contribution in [1.82, 2.24) is 15.1 Å². The number of benzene rings is 1. The van der Waals surface area contributed by atoms with Gasteiger partial charge in [-0.2, -0.15) is 0 Å². The topological polar surface area (TPSA) is 71.1 Å². The van der Waals surface area contributed by atoms with Gasteiger partial charge in [-0.15, -0.1) is 11.3 Å². The van der Waals surface area contributed by atoms with Gasteiger partial charge in [0.25, 0.3) is 11.8 Å². The lowest BCUT2D eigenvalue weighted by atomic mass is 10.1. The average Bonchev–Trinajstić information content (AvgIpc) is 3.27. The number of ether oxygens (including phenoxy) is 2. The molecule has 150 valence electrons. The highest BCUT2D eigenvalue weighted by molar-refractivity contribution is 7.12. The van der Waals surface area contributed by atoms with Crippen molar-refractivity contribution in [3.05, 3.63) is 46.2 Å². The predicted octanol–water partition coefficient (Wildman–Crippen LogP) is 1.95. The minimum atomic E-state index is -0.192. The number of hydrogen-bond donors (Lipinski definition) is 1. The van der Waals surface area contributed by atoms with E-state index >= 15 is 0 Å². The van der Waals surface area contributed by atoms with Crippen LogP contribution < -0.4 is 14.8 Å². The van der Waals surface area contributed by atoms with E-state index in [2.05, 4.69) is 10.2 Å². The van der Waals surface area contributed by atoms with Crippen LogP contribution >= 0.6 is 11.3 Å². The molecule has 1 N–H and O–H groups in total. The maximum Gasteiger partial charge on any atom is 0.264 e. The fourth-order valence-electron chi connectivity index (χ4n) is 3.22. The highest BCUT2D eigenvalue weighted by Gasteiger charge is 2.22. The molecule has 28 heavy (non-hydrogen) atoms. The molecule has 0 saturated carbocycles. The molecule has 1 aromatic heterocycles. The molecule has 1 aromatic carbocycles. The molecule has 0 aliphatic carbocycles. The zero-order valence-corrected chi connectivity index (χ0v) is 17.0.